The Bertz CT molecular complexity index is 1090. The molecule has 1 amide bonds. The second kappa shape index (κ2) is 7.28. The number of hydrogen-bond acceptors (Lipinski definition) is 6. The molecule has 3 aromatic rings. The van der Waals surface area contributed by atoms with Gasteiger partial charge in [-0.2, -0.15) is 0 Å². The number of nitrogens with zero attached hydrogens (tertiary/aromatic N) is 1. The molecule has 0 bridgehead atoms. The van der Waals surface area contributed by atoms with Gasteiger partial charge < -0.3 is 14.5 Å². The van der Waals surface area contributed by atoms with Gasteiger partial charge in [0.05, 0.1) is 4.92 Å². The summed E-state index contributed by atoms with van der Waals surface area (Å²) < 4.78 is 10.7. The number of hydrogen-bond donors (Lipinski definition) is 1. The van der Waals surface area contributed by atoms with Gasteiger partial charge in [-0.3, -0.25) is 14.9 Å². The average molecular weight is 368 g/mol. The molecule has 1 atom stereocenters. The largest absolute Gasteiger partial charge is 0.481 e. The number of nitro benzene ring substituents is 1. The number of anilines is 1. The van der Waals surface area contributed by atoms with Gasteiger partial charge in [0.25, 0.3) is 11.6 Å². The van der Waals surface area contributed by atoms with Crippen LogP contribution in [0.15, 0.2) is 57.7 Å². The third-order valence-electron chi connectivity index (χ3n) is 3.96. The van der Waals surface area contributed by atoms with Crippen LogP contribution >= 0.6 is 0 Å². The fourth-order valence-corrected chi connectivity index (χ4v) is 2.61. The molecule has 0 aliphatic rings. The summed E-state index contributed by atoms with van der Waals surface area (Å²) in [6.45, 7) is 3.31. The van der Waals surface area contributed by atoms with Gasteiger partial charge in [-0.25, -0.2) is 4.79 Å². The topological polar surface area (TPSA) is 112 Å². The predicted molar refractivity (Wildman–Crippen MR) is 99.0 cm³/mol. The number of nitro groups is 1. The molecule has 0 saturated carbocycles. The Morgan fingerprint density at radius 1 is 1.22 bits per heavy atom. The number of aryl methyl sites for hydroxylation is 1. The Labute approximate surface area is 153 Å². The van der Waals surface area contributed by atoms with Crippen molar-refractivity contribution in [3.63, 3.8) is 0 Å². The molecule has 138 valence electrons. The molecule has 0 aliphatic heterocycles. The summed E-state index contributed by atoms with van der Waals surface area (Å²) in [5.41, 5.74) is 0.530. The summed E-state index contributed by atoms with van der Waals surface area (Å²) >= 11 is 0. The van der Waals surface area contributed by atoms with Gasteiger partial charge in [-0.15, -0.1) is 0 Å². The van der Waals surface area contributed by atoms with Gasteiger partial charge >= 0.3 is 5.63 Å². The summed E-state index contributed by atoms with van der Waals surface area (Å²) in [7, 11) is 0. The standard InChI is InChI=1S/C19H16N2O6/c1-11-9-18(22)27-17-10-13(7-8-14(11)17)26-12(2)19(23)20-15-5-3-4-6-16(15)21(24)25/h3-10,12H,1-2H3,(H,20,23)/t12-/m0/s1. The molecule has 1 heterocycles. The normalized spacial score (nSPS) is 11.8. The molecule has 0 saturated heterocycles. The second-order valence-corrected chi connectivity index (χ2v) is 5.93. The highest BCUT2D eigenvalue weighted by atomic mass is 16.6. The number of ether oxygens (including phenoxy) is 1. The lowest BCUT2D eigenvalue weighted by molar-refractivity contribution is -0.383. The molecule has 0 spiro atoms. The number of nitrogens with one attached hydrogen (secondary N) is 1. The Morgan fingerprint density at radius 3 is 2.70 bits per heavy atom. The number of para-hydroxylation sites is 2. The lowest BCUT2D eigenvalue weighted by atomic mass is 10.1. The molecule has 0 radical (unpaired) electrons. The van der Waals surface area contributed by atoms with Crippen LogP contribution in [-0.4, -0.2) is 16.9 Å². The molecule has 0 fully saturated rings. The van der Waals surface area contributed by atoms with Gasteiger partial charge in [0, 0.05) is 23.6 Å². The van der Waals surface area contributed by atoms with Crippen molar-refractivity contribution < 1.29 is 18.9 Å². The monoisotopic (exact) mass is 368 g/mol. The molecular formula is C19H16N2O6. The number of amides is 1. The van der Waals surface area contributed by atoms with Crippen molar-refractivity contribution in [3.8, 4) is 5.75 Å². The zero-order chi connectivity index (χ0) is 19.6. The maximum Gasteiger partial charge on any atom is 0.336 e. The Hall–Kier alpha value is -3.68. The Balaban J connectivity index is 1.78. The first-order valence-corrected chi connectivity index (χ1v) is 8.10. The van der Waals surface area contributed by atoms with E-state index in [-0.39, 0.29) is 11.4 Å². The molecule has 8 nitrogen and oxygen atoms in total. The highest BCUT2D eigenvalue weighted by molar-refractivity contribution is 5.96. The molecule has 8 heteroatoms. The number of fused-ring (bicyclic) bond motifs is 1. The van der Waals surface area contributed by atoms with E-state index in [9.17, 15) is 19.7 Å². The number of rotatable bonds is 5. The average Bonchev–Trinajstić information content (AvgIpc) is 2.61. The van der Waals surface area contributed by atoms with Crippen LogP contribution in [0.3, 0.4) is 0 Å². The molecule has 0 unspecified atom stereocenters. The fourth-order valence-electron chi connectivity index (χ4n) is 2.61. The summed E-state index contributed by atoms with van der Waals surface area (Å²) in [5.74, 6) is -0.212. The number of carbonyl (C=O) groups is 1. The first kappa shape index (κ1) is 18.1. The van der Waals surface area contributed by atoms with Crippen LogP contribution in [0.1, 0.15) is 12.5 Å². The highest BCUT2D eigenvalue weighted by Crippen LogP contribution is 2.25. The van der Waals surface area contributed by atoms with Crippen molar-refractivity contribution in [1.29, 1.82) is 0 Å². The summed E-state index contributed by atoms with van der Waals surface area (Å²) in [4.78, 5) is 34.3. The van der Waals surface area contributed by atoms with Crippen LogP contribution < -0.4 is 15.7 Å². The van der Waals surface area contributed by atoms with Crippen LogP contribution in [0, 0.1) is 17.0 Å². The van der Waals surface area contributed by atoms with Crippen molar-refractivity contribution in [2.24, 2.45) is 0 Å². The number of carbonyl (C=O) groups excluding carboxylic acids is 1. The Kier molecular flexibility index (Phi) is 4.89. The molecule has 3 rings (SSSR count). The minimum absolute atomic E-state index is 0.0862. The maximum absolute atomic E-state index is 12.3. The predicted octanol–water partition coefficient (Wildman–Crippen LogP) is 3.42. The third-order valence-corrected chi connectivity index (χ3v) is 3.96. The van der Waals surface area contributed by atoms with Gasteiger partial charge in [0.15, 0.2) is 6.10 Å². The molecular weight excluding hydrogens is 352 g/mol. The maximum atomic E-state index is 12.3. The zero-order valence-electron chi connectivity index (χ0n) is 14.6. The van der Waals surface area contributed by atoms with E-state index in [1.165, 1.54) is 37.3 Å². The lowest BCUT2D eigenvalue weighted by Crippen LogP contribution is -2.30. The Morgan fingerprint density at radius 2 is 1.96 bits per heavy atom. The van der Waals surface area contributed by atoms with Crippen LogP contribution in [0.4, 0.5) is 11.4 Å². The van der Waals surface area contributed by atoms with Crippen LogP contribution in [0.2, 0.25) is 0 Å². The van der Waals surface area contributed by atoms with Crippen molar-refractivity contribution >= 4 is 28.3 Å². The minimum Gasteiger partial charge on any atom is -0.481 e. The van der Waals surface area contributed by atoms with E-state index in [4.69, 9.17) is 9.15 Å². The summed E-state index contributed by atoms with van der Waals surface area (Å²) in [6.07, 6.45) is -0.932. The zero-order valence-corrected chi connectivity index (χ0v) is 14.6. The van der Waals surface area contributed by atoms with Crippen molar-refractivity contribution in [2.75, 3.05) is 5.32 Å². The lowest BCUT2D eigenvalue weighted by Gasteiger charge is -2.15. The van der Waals surface area contributed by atoms with E-state index < -0.39 is 22.6 Å². The van der Waals surface area contributed by atoms with Crippen LogP contribution in [0.5, 0.6) is 5.75 Å². The SMILES string of the molecule is Cc1cc(=O)oc2cc(O[C@@H](C)C(=O)Nc3ccccc3[N+](=O)[O-])ccc12. The van der Waals surface area contributed by atoms with E-state index in [1.807, 2.05) is 0 Å². The molecule has 0 aliphatic carbocycles. The minimum atomic E-state index is -0.932. The third kappa shape index (κ3) is 3.95. The molecule has 1 N–H and O–H groups in total. The molecule has 1 aromatic heterocycles. The van der Waals surface area contributed by atoms with Crippen molar-refractivity contribution in [2.45, 2.75) is 20.0 Å². The van der Waals surface area contributed by atoms with Crippen LogP contribution in [-0.2, 0) is 4.79 Å². The first-order chi connectivity index (χ1) is 12.8. The first-order valence-electron chi connectivity index (χ1n) is 8.10. The number of benzene rings is 2. The molecule has 27 heavy (non-hydrogen) atoms. The van der Waals surface area contributed by atoms with Crippen molar-refractivity contribution in [3.05, 3.63) is 74.6 Å². The molecule has 2 aromatic carbocycles. The van der Waals surface area contributed by atoms with E-state index in [2.05, 4.69) is 5.32 Å². The van der Waals surface area contributed by atoms with Gasteiger partial charge in [-0.05, 0) is 37.6 Å². The summed E-state index contributed by atoms with van der Waals surface area (Å²) in [5, 5.41) is 14.3. The van der Waals surface area contributed by atoms with E-state index in [0.717, 1.165) is 10.9 Å². The van der Waals surface area contributed by atoms with Gasteiger partial charge in [-0.1, -0.05) is 12.1 Å². The summed E-state index contributed by atoms with van der Waals surface area (Å²) in [6, 6.07) is 12.1. The second-order valence-electron chi connectivity index (χ2n) is 5.93. The smallest absolute Gasteiger partial charge is 0.336 e. The van der Waals surface area contributed by atoms with E-state index in [0.29, 0.717) is 11.3 Å². The van der Waals surface area contributed by atoms with Crippen molar-refractivity contribution in [1.82, 2.24) is 0 Å². The highest BCUT2D eigenvalue weighted by Gasteiger charge is 2.20. The van der Waals surface area contributed by atoms with E-state index >= 15 is 0 Å². The fraction of sp³-hybridized carbons (Fsp3) is 0.158. The van der Waals surface area contributed by atoms with Crippen LogP contribution in [0.25, 0.3) is 11.0 Å². The quantitative estimate of drug-likeness (QED) is 0.419. The van der Waals surface area contributed by atoms with Gasteiger partial charge in [0.1, 0.15) is 17.0 Å². The van der Waals surface area contributed by atoms with E-state index in [1.54, 1.807) is 25.1 Å². The van der Waals surface area contributed by atoms with Gasteiger partial charge in [0.2, 0.25) is 0 Å².